The third kappa shape index (κ3) is 3.28. The Labute approximate surface area is 135 Å². The number of ether oxygens (including phenoxy) is 4. The molecule has 0 aromatic heterocycles. The quantitative estimate of drug-likeness (QED) is 0.808. The molecule has 3 saturated heterocycles. The van der Waals surface area contributed by atoms with E-state index in [9.17, 15) is 10.2 Å². The van der Waals surface area contributed by atoms with E-state index >= 15 is 0 Å². The molecule has 0 spiro atoms. The first-order chi connectivity index (χ1) is 11.1. The fourth-order valence-electron chi connectivity index (χ4n) is 3.03. The number of aliphatic hydroxyl groups excluding tert-OH is 2. The second-order valence-corrected chi connectivity index (χ2v) is 6.38. The van der Waals surface area contributed by atoms with Gasteiger partial charge in [0.15, 0.2) is 6.29 Å². The molecule has 23 heavy (non-hydrogen) atoms. The zero-order valence-corrected chi connectivity index (χ0v) is 13.4. The lowest BCUT2D eigenvalue weighted by Crippen LogP contribution is -2.74. The lowest BCUT2D eigenvalue weighted by Gasteiger charge is -2.55. The topological polar surface area (TPSA) is 77.4 Å². The molecule has 3 aliphatic heterocycles. The molecule has 6 nitrogen and oxygen atoms in total. The van der Waals surface area contributed by atoms with Crippen LogP contribution in [0.15, 0.2) is 30.3 Å². The molecule has 0 aliphatic carbocycles. The van der Waals surface area contributed by atoms with Crippen molar-refractivity contribution in [1.29, 1.82) is 0 Å². The van der Waals surface area contributed by atoms with Crippen molar-refractivity contribution in [2.45, 2.75) is 56.8 Å². The molecule has 0 radical (unpaired) electrons. The summed E-state index contributed by atoms with van der Waals surface area (Å²) < 4.78 is 23.2. The van der Waals surface area contributed by atoms with Gasteiger partial charge in [-0.05, 0) is 19.4 Å². The van der Waals surface area contributed by atoms with Crippen LogP contribution in [0.2, 0.25) is 0 Å². The first-order valence-electron chi connectivity index (χ1n) is 7.95. The third-order valence-electron chi connectivity index (χ3n) is 4.27. The largest absolute Gasteiger partial charge is 0.393 e. The van der Waals surface area contributed by atoms with Gasteiger partial charge in [-0.15, -0.1) is 0 Å². The maximum atomic E-state index is 10.6. The Bertz CT molecular complexity index is 507. The fourth-order valence-corrected chi connectivity index (χ4v) is 3.03. The van der Waals surface area contributed by atoms with Gasteiger partial charge in [0.05, 0.1) is 25.9 Å². The minimum Gasteiger partial charge on any atom is -0.393 e. The van der Waals surface area contributed by atoms with Crippen molar-refractivity contribution in [3.05, 3.63) is 35.9 Å². The van der Waals surface area contributed by atoms with Crippen LogP contribution < -0.4 is 0 Å². The normalized spacial score (nSPS) is 36.6. The van der Waals surface area contributed by atoms with E-state index < -0.39 is 30.2 Å². The van der Waals surface area contributed by atoms with Gasteiger partial charge >= 0.3 is 0 Å². The van der Waals surface area contributed by atoms with Crippen LogP contribution in [-0.2, 0) is 25.6 Å². The number of rotatable bonds is 6. The Morgan fingerprint density at radius 3 is 2.70 bits per heavy atom. The van der Waals surface area contributed by atoms with Gasteiger partial charge in [-0.25, -0.2) is 0 Å². The molecule has 3 heterocycles. The zero-order chi connectivity index (χ0) is 16.4. The van der Waals surface area contributed by atoms with Crippen molar-refractivity contribution in [2.24, 2.45) is 0 Å². The molecule has 128 valence electrons. The molecule has 3 fully saturated rings. The highest BCUT2D eigenvalue weighted by Gasteiger charge is 2.60. The van der Waals surface area contributed by atoms with E-state index in [0.29, 0.717) is 6.61 Å². The summed E-state index contributed by atoms with van der Waals surface area (Å²) in [5.74, 6) is 0. The van der Waals surface area contributed by atoms with Crippen molar-refractivity contribution in [2.75, 3.05) is 13.2 Å². The molecule has 5 atom stereocenters. The van der Waals surface area contributed by atoms with Crippen molar-refractivity contribution >= 4 is 0 Å². The number of hydrogen-bond donors (Lipinski definition) is 2. The van der Waals surface area contributed by atoms with Gasteiger partial charge in [0.2, 0.25) is 0 Å². The summed E-state index contributed by atoms with van der Waals surface area (Å²) in [6.07, 6.45) is -2.84. The molecule has 1 aromatic carbocycles. The van der Waals surface area contributed by atoms with E-state index in [1.807, 2.05) is 44.2 Å². The van der Waals surface area contributed by atoms with Crippen molar-refractivity contribution in [3.8, 4) is 0 Å². The van der Waals surface area contributed by atoms with Gasteiger partial charge in [-0.3, -0.25) is 0 Å². The summed E-state index contributed by atoms with van der Waals surface area (Å²) in [4.78, 5) is 0. The van der Waals surface area contributed by atoms with E-state index in [2.05, 4.69) is 0 Å². The molecule has 0 saturated carbocycles. The average Bonchev–Trinajstić information content (AvgIpc) is 2.55. The number of benzene rings is 1. The number of hydrogen-bond acceptors (Lipinski definition) is 6. The smallest absolute Gasteiger partial charge is 0.187 e. The lowest BCUT2D eigenvalue weighted by molar-refractivity contribution is -0.405. The Hall–Kier alpha value is -1.02. The van der Waals surface area contributed by atoms with E-state index in [-0.39, 0.29) is 19.3 Å². The third-order valence-corrected chi connectivity index (χ3v) is 4.27. The van der Waals surface area contributed by atoms with Gasteiger partial charge in [-0.1, -0.05) is 30.3 Å². The van der Waals surface area contributed by atoms with Crippen LogP contribution >= 0.6 is 0 Å². The molecule has 0 amide bonds. The van der Waals surface area contributed by atoms with Gasteiger partial charge in [0.1, 0.15) is 23.9 Å². The highest BCUT2D eigenvalue weighted by atomic mass is 16.7. The molecule has 3 aliphatic rings. The van der Waals surface area contributed by atoms with Crippen LogP contribution in [0.1, 0.15) is 19.4 Å². The van der Waals surface area contributed by atoms with E-state index in [1.165, 1.54) is 0 Å². The molecular formula is C17H24O6. The summed E-state index contributed by atoms with van der Waals surface area (Å²) in [6, 6.07) is 9.71. The first kappa shape index (κ1) is 16.8. The highest BCUT2D eigenvalue weighted by molar-refractivity contribution is 5.14. The van der Waals surface area contributed by atoms with Crippen LogP contribution in [0.4, 0.5) is 0 Å². The Morgan fingerprint density at radius 1 is 1.30 bits per heavy atom. The van der Waals surface area contributed by atoms with Crippen molar-refractivity contribution in [1.82, 2.24) is 0 Å². The Balaban J connectivity index is 1.75. The van der Waals surface area contributed by atoms with Crippen molar-refractivity contribution < 1.29 is 29.2 Å². The van der Waals surface area contributed by atoms with Crippen molar-refractivity contribution in [3.63, 3.8) is 0 Å². The molecule has 0 unspecified atom stereocenters. The second-order valence-electron chi connectivity index (χ2n) is 6.38. The number of fused-ring (bicyclic) bond motifs is 3. The fraction of sp³-hybridized carbons (Fsp3) is 0.647. The predicted octanol–water partition coefficient (Wildman–Crippen LogP) is 0.844. The SMILES string of the molecule is CC(C)O[C@H]1O[C@@]2(CO)CO[C@@H]1[C@@H](OCc1ccccc1)[C@@H]2O. The predicted molar refractivity (Wildman–Crippen MR) is 81.7 cm³/mol. The number of aliphatic hydroxyl groups is 2. The van der Waals surface area contributed by atoms with Crippen LogP contribution in [0.3, 0.4) is 0 Å². The van der Waals surface area contributed by atoms with E-state index in [0.717, 1.165) is 5.56 Å². The molecule has 2 bridgehead atoms. The molecule has 4 rings (SSSR count). The summed E-state index contributed by atoms with van der Waals surface area (Å²) in [5, 5.41) is 20.3. The summed E-state index contributed by atoms with van der Waals surface area (Å²) >= 11 is 0. The lowest BCUT2D eigenvalue weighted by atomic mass is 9.84. The summed E-state index contributed by atoms with van der Waals surface area (Å²) in [5.41, 5.74) is -0.197. The van der Waals surface area contributed by atoms with E-state index in [4.69, 9.17) is 18.9 Å². The molecule has 1 aromatic rings. The van der Waals surface area contributed by atoms with Crippen LogP contribution in [0, 0.1) is 0 Å². The average molecular weight is 324 g/mol. The minimum atomic E-state index is -1.20. The van der Waals surface area contributed by atoms with Gasteiger partial charge in [0, 0.05) is 0 Å². The van der Waals surface area contributed by atoms with Crippen LogP contribution in [0.5, 0.6) is 0 Å². The zero-order valence-electron chi connectivity index (χ0n) is 13.4. The second kappa shape index (κ2) is 6.84. The van der Waals surface area contributed by atoms with Gasteiger partial charge < -0.3 is 29.2 Å². The Morgan fingerprint density at radius 2 is 2.04 bits per heavy atom. The first-order valence-corrected chi connectivity index (χ1v) is 7.95. The van der Waals surface area contributed by atoms with Crippen LogP contribution in [-0.4, -0.2) is 59.7 Å². The summed E-state index contributed by atoms with van der Waals surface area (Å²) in [6.45, 7) is 3.90. The van der Waals surface area contributed by atoms with Crippen LogP contribution in [0.25, 0.3) is 0 Å². The Kier molecular flexibility index (Phi) is 5.01. The monoisotopic (exact) mass is 324 g/mol. The minimum absolute atomic E-state index is 0.0643. The molecule has 2 N–H and O–H groups in total. The summed E-state index contributed by atoms with van der Waals surface area (Å²) in [7, 11) is 0. The van der Waals surface area contributed by atoms with Gasteiger partial charge in [-0.2, -0.15) is 0 Å². The maximum Gasteiger partial charge on any atom is 0.187 e. The maximum absolute atomic E-state index is 10.6. The van der Waals surface area contributed by atoms with Gasteiger partial charge in [0.25, 0.3) is 0 Å². The standard InChI is InChI=1S/C17H24O6/c1-11(2)22-16-14-13(20-8-12-6-4-3-5-7-12)15(19)17(9-18,23-16)10-21-14/h3-7,11,13-16,18-19H,8-10H2,1-2H3/t13-,14-,15+,16+,17+/m1/s1. The van der Waals surface area contributed by atoms with E-state index in [1.54, 1.807) is 0 Å². The molecule has 6 heteroatoms. The highest BCUT2D eigenvalue weighted by Crippen LogP contribution is 2.39. The molecular weight excluding hydrogens is 300 g/mol.